The number of rotatable bonds is 5. The molecule has 0 aromatic carbocycles. The molecule has 4 N–H and O–H groups in total. The third-order valence-corrected chi connectivity index (χ3v) is 6.76. The third-order valence-electron chi connectivity index (χ3n) is 1.08. The lowest BCUT2D eigenvalue weighted by Crippen LogP contribution is -2.19. The van der Waals surface area contributed by atoms with Crippen molar-refractivity contribution in [3.05, 3.63) is 0 Å². The predicted octanol–water partition coefficient (Wildman–Crippen LogP) is 1.14. The van der Waals surface area contributed by atoms with Gasteiger partial charge in [0.05, 0.1) is 5.75 Å². The van der Waals surface area contributed by atoms with Crippen LogP contribution in [0.25, 0.3) is 0 Å². The summed E-state index contributed by atoms with van der Waals surface area (Å²) in [5, 5.41) is 2.49. The minimum absolute atomic E-state index is 0. The van der Waals surface area contributed by atoms with Crippen molar-refractivity contribution in [1.82, 2.24) is 11.5 Å². The minimum Gasteiger partial charge on any atom is -0.358 e. The summed E-state index contributed by atoms with van der Waals surface area (Å²) in [4.78, 5) is 10.8. The Morgan fingerprint density at radius 2 is 2.00 bits per heavy atom. The highest BCUT2D eigenvalue weighted by Gasteiger charge is 2.17. The molecule has 8 heteroatoms. The molecule has 13 heavy (non-hydrogen) atoms. The molecule has 0 aromatic rings. The van der Waals surface area contributed by atoms with Gasteiger partial charge in [0.25, 0.3) is 0 Å². The van der Waals surface area contributed by atoms with E-state index in [0.717, 1.165) is 0 Å². The van der Waals surface area contributed by atoms with E-state index in [1.54, 1.807) is 7.05 Å². The average molecular weight is 246 g/mol. The highest BCUT2D eigenvalue weighted by Crippen LogP contribution is 2.59. The van der Waals surface area contributed by atoms with Crippen molar-refractivity contribution >= 4 is 34.8 Å². The Morgan fingerprint density at radius 3 is 2.31 bits per heavy atom. The second-order valence-electron chi connectivity index (χ2n) is 1.76. The van der Waals surface area contributed by atoms with Crippen LogP contribution in [-0.2, 0) is 25.6 Å². The molecule has 0 aliphatic heterocycles. The van der Waals surface area contributed by atoms with Gasteiger partial charge in [0.2, 0.25) is 11.6 Å². The lowest BCUT2D eigenvalue weighted by Gasteiger charge is -2.15. The van der Waals surface area contributed by atoms with Crippen molar-refractivity contribution in [3.63, 3.8) is 0 Å². The van der Waals surface area contributed by atoms with Crippen molar-refractivity contribution in [3.8, 4) is 0 Å². The standard InChI is InChI=1S/C5H12NO3PS2.H3N/c1-6-5(7)4-12-10(11,8-2)9-3;/h4H2,1-3H3,(H,6,7);1H3. The van der Waals surface area contributed by atoms with E-state index < -0.39 is 5.69 Å². The number of nitrogens with one attached hydrogen (secondary N) is 1. The molecule has 0 rings (SSSR count). The monoisotopic (exact) mass is 246 g/mol. The molecule has 0 aliphatic rings. The number of carbonyl (C=O) groups is 1. The summed E-state index contributed by atoms with van der Waals surface area (Å²) >= 11 is 6.25. The number of carbonyl (C=O) groups excluding carboxylic acids is 1. The quantitative estimate of drug-likeness (QED) is 0.708. The van der Waals surface area contributed by atoms with E-state index in [1.165, 1.54) is 25.6 Å². The molecule has 1 amide bonds. The van der Waals surface area contributed by atoms with Crippen molar-refractivity contribution in [2.24, 2.45) is 0 Å². The second kappa shape index (κ2) is 7.73. The molecule has 0 unspecified atom stereocenters. The van der Waals surface area contributed by atoms with Crippen LogP contribution in [0, 0.1) is 0 Å². The molecule has 0 fully saturated rings. The first-order chi connectivity index (χ1) is 5.58. The topological polar surface area (TPSA) is 82.6 Å². The van der Waals surface area contributed by atoms with Crippen LogP contribution >= 0.6 is 17.1 Å². The van der Waals surface area contributed by atoms with Crippen molar-refractivity contribution in [2.45, 2.75) is 0 Å². The van der Waals surface area contributed by atoms with Crippen LogP contribution < -0.4 is 11.5 Å². The van der Waals surface area contributed by atoms with Gasteiger partial charge in [0.15, 0.2) is 0 Å². The lowest BCUT2D eigenvalue weighted by molar-refractivity contribution is -0.118. The van der Waals surface area contributed by atoms with Gasteiger partial charge in [-0.3, -0.25) is 4.79 Å². The van der Waals surface area contributed by atoms with E-state index in [1.807, 2.05) is 0 Å². The Balaban J connectivity index is 0. The summed E-state index contributed by atoms with van der Waals surface area (Å²) in [7, 11) is 4.55. The molecular formula is C5H15N2O3PS2. The summed E-state index contributed by atoms with van der Waals surface area (Å²) in [6.45, 7) is 0. The van der Waals surface area contributed by atoms with Gasteiger partial charge in [-0.1, -0.05) is 11.4 Å². The van der Waals surface area contributed by atoms with Crippen molar-refractivity contribution < 1.29 is 13.8 Å². The first kappa shape index (κ1) is 15.8. The molecular weight excluding hydrogens is 231 g/mol. The smallest absolute Gasteiger partial charge is 0.247 e. The van der Waals surface area contributed by atoms with Crippen LogP contribution in [0.5, 0.6) is 0 Å². The van der Waals surface area contributed by atoms with Gasteiger partial charge in [-0.25, -0.2) is 0 Å². The summed E-state index contributed by atoms with van der Waals surface area (Å²) in [5.74, 6) is 0.193. The number of hydrogen-bond donors (Lipinski definition) is 2. The zero-order valence-corrected chi connectivity index (χ0v) is 10.4. The summed E-state index contributed by atoms with van der Waals surface area (Å²) in [6, 6.07) is 0. The summed E-state index contributed by atoms with van der Waals surface area (Å²) in [5.41, 5.74) is -2.26. The largest absolute Gasteiger partial charge is 0.358 e. The maximum absolute atomic E-state index is 10.8. The van der Waals surface area contributed by atoms with Gasteiger partial charge < -0.3 is 20.5 Å². The summed E-state index contributed by atoms with van der Waals surface area (Å²) < 4.78 is 9.94. The lowest BCUT2D eigenvalue weighted by atomic mass is 10.7. The van der Waals surface area contributed by atoms with Gasteiger partial charge in [-0.15, -0.1) is 0 Å². The minimum atomic E-state index is -2.26. The van der Waals surface area contributed by atoms with E-state index in [4.69, 9.17) is 20.9 Å². The summed E-state index contributed by atoms with van der Waals surface area (Å²) in [6.07, 6.45) is 0. The molecule has 0 spiro atoms. The maximum Gasteiger partial charge on any atom is 0.247 e. The molecule has 0 aromatic heterocycles. The SMILES string of the molecule is CNC(=O)CSP(=S)(OC)OC.N. The molecule has 0 radical (unpaired) electrons. The average Bonchev–Trinajstić information content (AvgIpc) is 2.13. The Bertz CT molecular complexity index is 194. The predicted molar refractivity (Wildman–Crippen MR) is 59.8 cm³/mol. The second-order valence-corrected chi connectivity index (χ2v) is 8.28. The zero-order chi connectivity index (χ0) is 9.61. The highest BCUT2D eigenvalue weighted by atomic mass is 32.9. The fourth-order valence-corrected chi connectivity index (χ4v) is 3.10. The van der Waals surface area contributed by atoms with E-state index in [-0.39, 0.29) is 17.8 Å². The molecule has 0 bridgehead atoms. The Kier molecular flexibility index (Phi) is 9.39. The molecule has 0 heterocycles. The van der Waals surface area contributed by atoms with Crippen LogP contribution in [0.4, 0.5) is 0 Å². The molecule has 5 nitrogen and oxygen atoms in total. The van der Waals surface area contributed by atoms with Crippen LogP contribution in [0.3, 0.4) is 0 Å². The molecule has 80 valence electrons. The van der Waals surface area contributed by atoms with E-state index in [0.29, 0.717) is 0 Å². The Hall–Kier alpha value is 0.350. The van der Waals surface area contributed by atoms with Gasteiger partial charge in [-0.2, -0.15) is 0 Å². The first-order valence-corrected chi connectivity index (χ1v) is 7.37. The van der Waals surface area contributed by atoms with Crippen LogP contribution in [-0.4, -0.2) is 32.9 Å². The van der Waals surface area contributed by atoms with Crippen LogP contribution in [0.15, 0.2) is 0 Å². The normalized spacial score (nSPS) is 10.4. The molecule has 0 saturated carbocycles. The Labute approximate surface area is 87.4 Å². The van der Waals surface area contributed by atoms with E-state index in [9.17, 15) is 4.79 Å². The highest BCUT2D eigenvalue weighted by molar-refractivity contribution is 8.68. The molecule has 0 saturated heterocycles. The van der Waals surface area contributed by atoms with Crippen molar-refractivity contribution in [1.29, 1.82) is 0 Å². The van der Waals surface area contributed by atoms with E-state index >= 15 is 0 Å². The van der Waals surface area contributed by atoms with Crippen molar-refractivity contribution in [2.75, 3.05) is 27.0 Å². The van der Waals surface area contributed by atoms with Gasteiger partial charge in [0, 0.05) is 21.3 Å². The third kappa shape index (κ3) is 6.42. The molecule has 0 atom stereocenters. The van der Waals surface area contributed by atoms with Crippen LogP contribution in [0.2, 0.25) is 0 Å². The maximum atomic E-state index is 10.8. The van der Waals surface area contributed by atoms with Gasteiger partial charge >= 0.3 is 0 Å². The Morgan fingerprint density at radius 1 is 1.54 bits per heavy atom. The van der Waals surface area contributed by atoms with Gasteiger partial charge in [-0.05, 0) is 11.8 Å². The molecule has 0 aliphatic carbocycles. The zero-order valence-electron chi connectivity index (χ0n) is 7.90. The fourth-order valence-electron chi connectivity index (χ4n) is 0.390. The number of amides is 1. The van der Waals surface area contributed by atoms with Gasteiger partial charge in [0.1, 0.15) is 0 Å². The number of hydrogen-bond acceptors (Lipinski definition) is 6. The first-order valence-electron chi connectivity index (χ1n) is 3.14. The van der Waals surface area contributed by atoms with Crippen LogP contribution in [0.1, 0.15) is 0 Å². The fraction of sp³-hybridized carbons (Fsp3) is 0.800. The van der Waals surface area contributed by atoms with E-state index in [2.05, 4.69) is 5.32 Å².